The summed E-state index contributed by atoms with van der Waals surface area (Å²) in [7, 11) is 0. The van der Waals surface area contributed by atoms with Gasteiger partial charge < -0.3 is 19.5 Å². The summed E-state index contributed by atoms with van der Waals surface area (Å²) in [5, 5.41) is 2.93. The van der Waals surface area contributed by atoms with Crippen molar-refractivity contribution in [2.24, 2.45) is 0 Å². The van der Waals surface area contributed by atoms with Crippen molar-refractivity contribution in [3.8, 4) is 17.2 Å². The molecular formula is C25H27NO4. The van der Waals surface area contributed by atoms with Gasteiger partial charge in [0.15, 0.2) is 0 Å². The maximum atomic E-state index is 12.5. The number of hydrogen-bond donors (Lipinski definition) is 1. The quantitative estimate of drug-likeness (QED) is 0.489. The van der Waals surface area contributed by atoms with Crippen LogP contribution in [-0.2, 0) is 6.54 Å². The number of amides is 1. The van der Waals surface area contributed by atoms with Crippen molar-refractivity contribution in [2.75, 3.05) is 13.2 Å². The van der Waals surface area contributed by atoms with E-state index in [-0.39, 0.29) is 12.0 Å². The van der Waals surface area contributed by atoms with Crippen molar-refractivity contribution in [3.05, 3.63) is 90.0 Å². The fourth-order valence-electron chi connectivity index (χ4n) is 2.81. The lowest BCUT2D eigenvalue weighted by Gasteiger charge is -2.11. The molecule has 3 rings (SSSR count). The normalized spacial score (nSPS) is 10.5. The molecule has 0 saturated carbocycles. The van der Waals surface area contributed by atoms with E-state index in [9.17, 15) is 4.79 Å². The summed E-state index contributed by atoms with van der Waals surface area (Å²) in [6.45, 7) is 5.24. The van der Waals surface area contributed by atoms with Gasteiger partial charge in [0.25, 0.3) is 5.91 Å². The molecule has 0 unspecified atom stereocenters. The fourth-order valence-corrected chi connectivity index (χ4v) is 2.81. The molecule has 0 saturated heterocycles. The molecule has 1 N–H and O–H groups in total. The molecule has 0 aromatic heterocycles. The summed E-state index contributed by atoms with van der Waals surface area (Å²) in [4.78, 5) is 12.5. The summed E-state index contributed by atoms with van der Waals surface area (Å²) in [6, 6.07) is 24.4. The van der Waals surface area contributed by atoms with Crippen LogP contribution in [0.4, 0.5) is 0 Å². The third kappa shape index (κ3) is 6.85. The Labute approximate surface area is 177 Å². The Morgan fingerprint density at radius 2 is 1.47 bits per heavy atom. The highest BCUT2D eigenvalue weighted by molar-refractivity contribution is 5.94. The summed E-state index contributed by atoms with van der Waals surface area (Å²) < 4.78 is 16.9. The van der Waals surface area contributed by atoms with Crippen LogP contribution in [-0.4, -0.2) is 25.2 Å². The summed E-state index contributed by atoms with van der Waals surface area (Å²) >= 11 is 0. The van der Waals surface area contributed by atoms with E-state index in [0.717, 1.165) is 17.1 Å². The lowest BCUT2D eigenvalue weighted by Crippen LogP contribution is -2.22. The van der Waals surface area contributed by atoms with Gasteiger partial charge in [-0.25, -0.2) is 0 Å². The van der Waals surface area contributed by atoms with Crippen LogP contribution in [0.2, 0.25) is 0 Å². The first-order valence-corrected chi connectivity index (χ1v) is 10.0. The second-order valence-electron chi connectivity index (χ2n) is 7.03. The number of carbonyl (C=O) groups excluding carboxylic acids is 1. The number of nitrogens with one attached hydrogen (secondary N) is 1. The Balaban J connectivity index is 1.45. The lowest BCUT2D eigenvalue weighted by molar-refractivity contribution is 0.0950. The number of ether oxygens (including phenoxy) is 3. The van der Waals surface area contributed by atoms with Crippen molar-refractivity contribution < 1.29 is 19.0 Å². The van der Waals surface area contributed by atoms with Crippen molar-refractivity contribution in [1.82, 2.24) is 5.32 Å². The molecule has 0 spiro atoms. The topological polar surface area (TPSA) is 56.8 Å². The molecule has 0 radical (unpaired) electrons. The van der Waals surface area contributed by atoms with E-state index in [1.54, 1.807) is 18.2 Å². The van der Waals surface area contributed by atoms with Gasteiger partial charge in [-0.05, 0) is 61.9 Å². The lowest BCUT2D eigenvalue weighted by atomic mass is 10.2. The predicted octanol–water partition coefficient (Wildman–Crippen LogP) is 4.86. The minimum absolute atomic E-state index is 0.134. The summed E-state index contributed by atoms with van der Waals surface area (Å²) in [5.74, 6) is 2.11. The zero-order chi connectivity index (χ0) is 21.2. The van der Waals surface area contributed by atoms with E-state index in [2.05, 4.69) is 5.32 Å². The smallest absolute Gasteiger partial charge is 0.251 e. The number of benzene rings is 3. The van der Waals surface area contributed by atoms with Crippen LogP contribution in [0.15, 0.2) is 78.9 Å². The second kappa shape index (κ2) is 10.9. The molecule has 5 nitrogen and oxygen atoms in total. The molecule has 0 heterocycles. The van der Waals surface area contributed by atoms with Crippen molar-refractivity contribution in [3.63, 3.8) is 0 Å². The molecule has 30 heavy (non-hydrogen) atoms. The zero-order valence-corrected chi connectivity index (χ0v) is 17.3. The molecule has 1 amide bonds. The van der Waals surface area contributed by atoms with E-state index in [1.807, 2.05) is 74.5 Å². The van der Waals surface area contributed by atoms with Crippen molar-refractivity contribution in [1.29, 1.82) is 0 Å². The molecule has 0 atom stereocenters. The molecule has 3 aromatic carbocycles. The highest BCUT2D eigenvalue weighted by Gasteiger charge is 2.07. The van der Waals surface area contributed by atoms with E-state index < -0.39 is 0 Å². The van der Waals surface area contributed by atoms with Gasteiger partial charge in [0.05, 0.1) is 6.10 Å². The Morgan fingerprint density at radius 3 is 2.17 bits per heavy atom. The van der Waals surface area contributed by atoms with Gasteiger partial charge in [-0.1, -0.05) is 36.4 Å². The first kappa shape index (κ1) is 21.2. The molecule has 0 bridgehead atoms. The monoisotopic (exact) mass is 405 g/mol. The Bertz CT molecular complexity index is 923. The second-order valence-corrected chi connectivity index (χ2v) is 7.03. The molecule has 156 valence electrons. The van der Waals surface area contributed by atoms with Crippen LogP contribution in [0, 0.1) is 0 Å². The Kier molecular flexibility index (Phi) is 7.72. The number of rotatable bonds is 10. The maximum absolute atomic E-state index is 12.5. The largest absolute Gasteiger partial charge is 0.491 e. The minimum Gasteiger partial charge on any atom is -0.491 e. The standard InChI is InChI=1S/C25H27NO4/c1-19(2)30-23-13-11-20(12-14-23)18-26-25(27)21-7-6-10-24(17-21)29-16-15-28-22-8-4-3-5-9-22/h3-14,17,19H,15-16,18H2,1-2H3,(H,26,27). The van der Waals surface area contributed by atoms with Crippen LogP contribution in [0.25, 0.3) is 0 Å². The zero-order valence-electron chi connectivity index (χ0n) is 17.3. The van der Waals surface area contributed by atoms with E-state index in [4.69, 9.17) is 14.2 Å². The molecule has 0 aliphatic rings. The number of carbonyl (C=O) groups is 1. The van der Waals surface area contributed by atoms with E-state index >= 15 is 0 Å². The minimum atomic E-state index is -0.150. The van der Waals surface area contributed by atoms with Gasteiger partial charge in [-0.15, -0.1) is 0 Å². The van der Waals surface area contributed by atoms with E-state index in [1.165, 1.54) is 0 Å². The third-order valence-electron chi connectivity index (χ3n) is 4.21. The highest BCUT2D eigenvalue weighted by Crippen LogP contribution is 2.16. The van der Waals surface area contributed by atoms with Crippen molar-refractivity contribution >= 4 is 5.91 Å². The molecule has 3 aromatic rings. The average molecular weight is 405 g/mol. The van der Waals surface area contributed by atoms with Gasteiger partial charge in [0, 0.05) is 12.1 Å². The molecule has 0 fully saturated rings. The molecular weight excluding hydrogens is 378 g/mol. The Morgan fingerprint density at radius 1 is 0.800 bits per heavy atom. The first-order valence-electron chi connectivity index (χ1n) is 10.0. The first-order chi connectivity index (χ1) is 14.6. The van der Waals surface area contributed by atoms with Gasteiger partial charge in [0.2, 0.25) is 0 Å². The summed E-state index contributed by atoms with van der Waals surface area (Å²) in [5.41, 5.74) is 1.56. The van der Waals surface area contributed by atoms with Crippen LogP contribution in [0.1, 0.15) is 29.8 Å². The SMILES string of the molecule is CC(C)Oc1ccc(CNC(=O)c2cccc(OCCOc3ccccc3)c2)cc1. The number of para-hydroxylation sites is 1. The van der Waals surface area contributed by atoms with Gasteiger partial charge in [-0.3, -0.25) is 4.79 Å². The van der Waals surface area contributed by atoms with Crippen LogP contribution < -0.4 is 19.5 Å². The van der Waals surface area contributed by atoms with Gasteiger partial charge >= 0.3 is 0 Å². The van der Waals surface area contributed by atoms with Crippen LogP contribution in [0.5, 0.6) is 17.2 Å². The fraction of sp³-hybridized carbons (Fsp3) is 0.240. The molecule has 0 aliphatic carbocycles. The average Bonchev–Trinajstić information content (AvgIpc) is 2.76. The predicted molar refractivity (Wildman–Crippen MR) is 117 cm³/mol. The summed E-state index contributed by atoms with van der Waals surface area (Å²) in [6.07, 6.45) is 0.134. The number of hydrogen-bond acceptors (Lipinski definition) is 4. The molecule has 5 heteroatoms. The highest BCUT2D eigenvalue weighted by atomic mass is 16.5. The maximum Gasteiger partial charge on any atom is 0.251 e. The van der Waals surface area contributed by atoms with Gasteiger partial charge in [0.1, 0.15) is 30.5 Å². The van der Waals surface area contributed by atoms with Crippen LogP contribution >= 0.6 is 0 Å². The van der Waals surface area contributed by atoms with Crippen molar-refractivity contribution in [2.45, 2.75) is 26.5 Å². The molecule has 0 aliphatic heterocycles. The third-order valence-corrected chi connectivity index (χ3v) is 4.21. The van der Waals surface area contributed by atoms with Gasteiger partial charge in [-0.2, -0.15) is 0 Å². The Hall–Kier alpha value is -3.47. The van der Waals surface area contributed by atoms with Crippen LogP contribution in [0.3, 0.4) is 0 Å². The van der Waals surface area contributed by atoms with E-state index in [0.29, 0.717) is 31.1 Å².